The van der Waals surface area contributed by atoms with Gasteiger partial charge in [0, 0.05) is 9.58 Å². The lowest BCUT2D eigenvalue weighted by atomic mass is 10.1. The van der Waals surface area contributed by atoms with E-state index in [-0.39, 0.29) is 5.75 Å². The molecule has 0 saturated heterocycles. The van der Waals surface area contributed by atoms with Crippen molar-refractivity contribution in [2.75, 3.05) is 0 Å². The molecule has 4 heteroatoms. The van der Waals surface area contributed by atoms with Crippen LogP contribution >= 0.6 is 11.3 Å². The van der Waals surface area contributed by atoms with Gasteiger partial charge >= 0.3 is 0 Å². The first kappa shape index (κ1) is 12.5. The number of nitroso groups, excluding NO2 is 1. The molecule has 0 spiro atoms. The maximum absolute atomic E-state index is 10.2. The summed E-state index contributed by atoms with van der Waals surface area (Å²) >= 11 is 1.58. The monoisotopic (exact) mass is 259 g/mol. The van der Waals surface area contributed by atoms with Gasteiger partial charge in [-0.05, 0) is 53.2 Å². The van der Waals surface area contributed by atoms with E-state index in [0.29, 0.717) is 18.5 Å². The highest BCUT2D eigenvalue weighted by Gasteiger charge is 2.06. The third-order valence-corrected chi connectivity index (χ3v) is 3.90. The summed E-state index contributed by atoms with van der Waals surface area (Å²) in [6.45, 7) is 7.56. The number of benzene rings is 1. The average Bonchev–Trinajstić information content (AvgIpc) is 2.78. The molecule has 2 rings (SSSR count). The molecule has 0 fully saturated rings. The molecule has 0 amide bonds. The van der Waals surface area contributed by atoms with Crippen LogP contribution in [0.3, 0.4) is 0 Å². The Kier molecular flexibility index (Phi) is 3.58. The van der Waals surface area contributed by atoms with Gasteiger partial charge < -0.3 is 5.11 Å². The van der Waals surface area contributed by atoms with Crippen LogP contribution in [0.15, 0.2) is 48.3 Å². The molecule has 3 nitrogen and oxygen atoms in total. The van der Waals surface area contributed by atoms with Gasteiger partial charge in [0.1, 0.15) is 5.75 Å². The Morgan fingerprint density at radius 3 is 2.78 bits per heavy atom. The summed E-state index contributed by atoms with van der Waals surface area (Å²) in [5, 5.41) is 13.3. The lowest BCUT2D eigenvalue weighted by Crippen LogP contribution is -1.80. The largest absolute Gasteiger partial charge is 0.508 e. The van der Waals surface area contributed by atoms with Crippen LogP contribution in [-0.2, 0) is 0 Å². The molecule has 0 unspecified atom stereocenters. The van der Waals surface area contributed by atoms with E-state index in [1.807, 2.05) is 12.1 Å². The van der Waals surface area contributed by atoms with Crippen LogP contribution in [-0.4, -0.2) is 5.11 Å². The van der Waals surface area contributed by atoms with Crippen LogP contribution in [0.4, 0.5) is 0 Å². The van der Waals surface area contributed by atoms with E-state index in [1.165, 1.54) is 0 Å². The standard InChI is InChI=1S/C14H13NO2S/c1-9(3-4-10(2)15-17)13-7-11-5-6-12(16)8-14(11)18-13/h5-8,16H,1-4H2. The Morgan fingerprint density at radius 2 is 2.06 bits per heavy atom. The minimum atomic E-state index is 0.264. The van der Waals surface area contributed by atoms with Crippen molar-refractivity contribution in [2.24, 2.45) is 5.18 Å². The van der Waals surface area contributed by atoms with Gasteiger partial charge in [-0.3, -0.25) is 0 Å². The smallest absolute Gasteiger partial charge is 0.117 e. The van der Waals surface area contributed by atoms with E-state index in [9.17, 15) is 10.0 Å². The summed E-state index contributed by atoms with van der Waals surface area (Å²) in [6.07, 6.45) is 1.20. The Bertz CT molecular complexity index is 628. The highest BCUT2D eigenvalue weighted by molar-refractivity contribution is 7.20. The molecule has 92 valence electrons. The lowest BCUT2D eigenvalue weighted by molar-refractivity contribution is 0.476. The molecule has 0 aliphatic heterocycles. The second kappa shape index (κ2) is 5.14. The zero-order valence-electron chi connectivity index (χ0n) is 9.85. The number of hydrogen-bond acceptors (Lipinski definition) is 4. The number of hydrogen-bond donors (Lipinski definition) is 1. The zero-order chi connectivity index (χ0) is 13.1. The van der Waals surface area contributed by atoms with E-state index in [0.717, 1.165) is 20.5 Å². The molecule has 0 saturated carbocycles. The summed E-state index contributed by atoms with van der Waals surface area (Å²) in [5.74, 6) is 0.264. The maximum Gasteiger partial charge on any atom is 0.117 e. The highest BCUT2D eigenvalue weighted by Crippen LogP contribution is 2.33. The molecule has 0 bridgehead atoms. The lowest BCUT2D eigenvalue weighted by Gasteiger charge is -2.00. The van der Waals surface area contributed by atoms with Gasteiger partial charge in [0.25, 0.3) is 0 Å². The van der Waals surface area contributed by atoms with Crippen LogP contribution in [0.1, 0.15) is 17.7 Å². The van der Waals surface area contributed by atoms with E-state index >= 15 is 0 Å². The van der Waals surface area contributed by atoms with E-state index < -0.39 is 0 Å². The molecule has 1 N–H and O–H groups in total. The van der Waals surface area contributed by atoms with Gasteiger partial charge in [-0.1, -0.05) is 13.2 Å². The molecule has 18 heavy (non-hydrogen) atoms. The van der Waals surface area contributed by atoms with E-state index in [4.69, 9.17) is 0 Å². The molecule has 0 atom stereocenters. The van der Waals surface area contributed by atoms with Crippen LogP contribution in [0.2, 0.25) is 0 Å². The van der Waals surface area contributed by atoms with Crippen molar-refractivity contribution in [3.8, 4) is 5.75 Å². The molecule has 0 radical (unpaired) electrons. The van der Waals surface area contributed by atoms with E-state index in [1.54, 1.807) is 23.5 Å². The van der Waals surface area contributed by atoms with E-state index in [2.05, 4.69) is 18.3 Å². The van der Waals surface area contributed by atoms with Crippen molar-refractivity contribution in [3.05, 3.63) is 52.9 Å². The van der Waals surface area contributed by atoms with Crippen LogP contribution < -0.4 is 0 Å². The number of phenolic OH excluding ortho intramolecular Hbond substituents is 1. The van der Waals surface area contributed by atoms with Crippen molar-refractivity contribution >= 4 is 27.0 Å². The third-order valence-electron chi connectivity index (χ3n) is 2.70. The van der Waals surface area contributed by atoms with Gasteiger partial charge in [0.2, 0.25) is 0 Å². The minimum Gasteiger partial charge on any atom is -0.508 e. The summed E-state index contributed by atoms with van der Waals surface area (Å²) in [4.78, 5) is 11.3. The van der Waals surface area contributed by atoms with Crippen molar-refractivity contribution < 1.29 is 5.11 Å². The molecular weight excluding hydrogens is 246 g/mol. The number of aromatic hydroxyl groups is 1. The Hall–Kier alpha value is -1.94. The fraction of sp³-hybridized carbons (Fsp3) is 0.143. The number of fused-ring (bicyclic) bond motifs is 1. The Morgan fingerprint density at radius 1 is 1.28 bits per heavy atom. The fourth-order valence-corrected chi connectivity index (χ4v) is 2.75. The van der Waals surface area contributed by atoms with Gasteiger partial charge in [0.05, 0.1) is 5.70 Å². The second-order valence-corrected chi connectivity index (χ2v) is 5.18. The molecule has 2 aromatic rings. The quantitative estimate of drug-likeness (QED) is 0.792. The number of phenols is 1. The third kappa shape index (κ3) is 2.65. The predicted molar refractivity (Wildman–Crippen MR) is 76.7 cm³/mol. The normalized spacial score (nSPS) is 10.4. The minimum absolute atomic E-state index is 0.264. The molecule has 1 heterocycles. The average molecular weight is 259 g/mol. The van der Waals surface area contributed by atoms with Crippen LogP contribution in [0, 0.1) is 4.91 Å². The fourth-order valence-electron chi connectivity index (χ4n) is 1.66. The van der Waals surface area contributed by atoms with Gasteiger partial charge in [-0.15, -0.1) is 16.2 Å². The first-order valence-corrected chi connectivity index (χ1v) is 6.33. The summed E-state index contributed by atoms with van der Waals surface area (Å²) in [5.41, 5.74) is 1.30. The zero-order valence-corrected chi connectivity index (χ0v) is 10.7. The molecular formula is C14H13NO2S. The highest BCUT2D eigenvalue weighted by atomic mass is 32.1. The maximum atomic E-state index is 10.2. The van der Waals surface area contributed by atoms with Crippen molar-refractivity contribution in [1.82, 2.24) is 0 Å². The number of thiophene rings is 1. The van der Waals surface area contributed by atoms with Gasteiger partial charge in [-0.25, -0.2) is 0 Å². The number of rotatable bonds is 5. The van der Waals surface area contributed by atoms with Crippen molar-refractivity contribution in [2.45, 2.75) is 12.8 Å². The van der Waals surface area contributed by atoms with Crippen molar-refractivity contribution in [1.29, 1.82) is 0 Å². The topological polar surface area (TPSA) is 49.7 Å². The molecule has 1 aromatic heterocycles. The molecule has 0 aliphatic rings. The number of nitrogens with zero attached hydrogens (tertiary/aromatic N) is 1. The summed E-state index contributed by atoms with van der Waals surface area (Å²) in [7, 11) is 0. The van der Waals surface area contributed by atoms with Crippen LogP contribution in [0.25, 0.3) is 15.7 Å². The second-order valence-electron chi connectivity index (χ2n) is 4.09. The Labute approximate surface area is 109 Å². The molecule has 0 aliphatic carbocycles. The predicted octanol–water partition coefficient (Wildman–Crippen LogP) is 4.68. The van der Waals surface area contributed by atoms with Crippen LogP contribution in [0.5, 0.6) is 5.75 Å². The Balaban J connectivity index is 2.18. The number of allylic oxidation sites excluding steroid dienone is 2. The summed E-state index contributed by atoms with van der Waals surface area (Å²) in [6, 6.07) is 7.32. The first-order chi connectivity index (χ1) is 8.60. The van der Waals surface area contributed by atoms with Gasteiger partial charge in [-0.2, -0.15) is 0 Å². The summed E-state index contributed by atoms with van der Waals surface area (Å²) < 4.78 is 1.03. The molecule has 1 aromatic carbocycles. The SMILES string of the molecule is C=C(CCC(=C)c1cc2ccc(O)cc2s1)N=O. The first-order valence-electron chi connectivity index (χ1n) is 5.52. The van der Waals surface area contributed by atoms with Gasteiger partial charge in [0.15, 0.2) is 0 Å². The van der Waals surface area contributed by atoms with Crippen molar-refractivity contribution in [3.63, 3.8) is 0 Å².